The highest BCUT2D eigenvalue weighted by atomic mass is 35.5. The Labute approximate surface area is 93.4 Å². The van der Waals surface area contributed by atoms with E-state index >= 15 is 0 Å². The molecule has 1 rings (SSSR count). The zero-order valence-corrected chi connectivity index (χ0v) is 8.41. The van der Waals surface area contributed by atoms with E-state index in [0.717, 1.165) is 0 Å². The number of nitriles is 1. The molecule has 0 spiro atoms. The number of halogens is 3. The molecular weight excluding hydrogens is 244 g/mol. The van der Waals surface area contributed by atoms with Crippen molar-refractivity contribution in [1.82, 2.24) is 4.98 Å². The van der Waals surface area contributed by atoms with Crippen molar-refractivity contribution >= 4 is 17.3 Å². The molecule has 0 aliphatic heterocycles. The molecule has 84 valence electrons. The van der Waals surface area contributed by atoms with Gasteiger partial charge in [-0.15, -0.1) is 11.6 Å². The molecule has 1 aromatic heterocycles. The molecule has 0 atom stereocenters. The fraction of sp³-hybridized carbons (Fsp3) is 0.250. The molecule has 5 nitrogen and oxygen atoms in total. The van der Waals surface area contributed by atoms with Gasteiger partial charge in [0.1, 0.15) is 11.6 Å². The van der Waals surface area contributed by atoms with E-state index in [1.807, 2.05) is 0 Å². The third-order valence-corrected chi connectivity index (χ3v) is 2.10. The minimum atomic E-state index is -3.04. The number of hydrogen-bond acceptors (Lipinski definition) is 4. The molecule has 0 amide bonds. The first-order valence-electron chi connectivity index (χ1n) is 3.93. The van der Waals surface area contributed by atoms with Crippen LogP contribution in [0.4, 0.5) is 14.5 Å². The summed E-state index contributed by atoms with van der Waals surface area (Å²) < 4.78 is 24.9. The summed E-state index contributed by atoms with van der Waals surface area (Å²) in [5.41, 5.74) is -2.27. The second-order valence-electron chi connectivity index (χ2n) is 2.69. The highest BCUT2D eigenvalue weighted by Gasteiger charge is 2.28. The van der Waals surface area contributed by atoms with E-state index in [9.17, 15) is 18.9 Å². The first-order chi connectivity index (χ1) is 7.52. The van der Waals surface area contributed by atoms with Crippen molar-refractivity contribution in [1.29, 1.82) is 5.26 Å². The van der Waals surface area contributed by atoms with Gasteiger partial charge in [0.05, 0.1) is 16.4 Å². The van der Waals surface area contributed by atoms with E-state index in [0.29, 0.717) is 6.20 Å². The number of alkyl halides is 3. The van der Waals surface area contributed by atoms with Crippen LogP contribution < -0.4 is 0 Å². The minimum Gasteiger partial charge on any atom is -0.258 e. The molecular formula is C8H4ClF2N3O2. The first kappa shape index (κ1) is 12.3. The van der Waals surface area contributed by atoms with Crippen LogP contribution >= 0.6 is 11.6 Å². The third-order valence-electron chi connectivity index (χ3n) is 1.84. The topological polar surface area (TPSA) is 79.8 Å². The lowest BCUT2D eigenvalue weighted by Gasteiger charge is -2.05. The molecule has 0 aliphatic carbocycles. The summed E-state index contributed by atoms with van der Waals surface area (Å²) in [6.45, 7) is 0. The largest absolute Gasteiger partial charge is 0.287 e. The molecule has 0 radical (unpaired) electrons. The van der Waals surface area contributed by atoms with Crippen LogP contribution in [0.15, 0.2) is 6.20 Å². The van der Waals surface area contributed by atoms with Crippen LogP contribution in [0, 0.1) is 21.4 Å². The Morgan fingerprint density at radius 1 is 1.69 bits per heavy atom. The maximum atomic E-state index is 12.5. The highest BCUT2D eigenvalue weighted by Crippen LogP contribution is 2.33. The average molecular weight is 248 g/mol. The van der Waals surface area contributed by atoms with Crippen molar-refractivity contribution in [3.63, 3.8) is 0 Å². The van der Waals surface area contributed by atoms with E-state index in [1.165, 1.54) is 0 Å². The van der Waals surface area contributed by atoms with E-state index in [4.69, 9.17) is 16.9 Å². The molecule has 0 unspecified atom stereocenters. The van der Waals surface area contributed by atoms with E-state index in [-0.39, 0.29) is 11.3 Å². The van der Waals surface area contributed by atoms with Crippen molar-refractivity contribution in [2.45, 2.75) is 12.3 Å². The Bertz CT molecular complexity index is 473. The number of aromatic nitrogens is 1. The fourth-order valence-corrected chi connectivity index (χ4v) is 1.41. The van der Waals surface area contributed by atoms with Gasteiger partial charge in [-0.05, 0) is 0 Å². The SMILES string of the molecule is N#Cc1ncc(C(F)F)c([N+](=O)[O-])c1CCl. The second-order valence-corrected chi connectivity index (χ2v) is 2.96. The molecule has 0 saturated carbocycles. The summed E-state index contributed by atoms with van der Waals surface area (Å²) in [5.74, 6) is -0.424. The number of nitro groups is 1. The molecule has 1 aromatic rings. The first-order valence-corrected chi connectivity index (χ1v) is 4.46. The van der Waals surface area contributed by atoms with Gasteiger partial charge in [-0.2, -0.15) is 5.26 Å². The lowest BCUT2D eigenvalue weighted by molar-refractivity contribution is -0.387. The van der Waals surface area contributed by atoms with Crippen molar-refractivity contribution in [3.05, 3.63) is 33.1 Å². The summed E-state index contributed by atoms with van der Waals surface area (Å²) in [5, 5.41) is 19.3. The molecule has 16 heavy (non-hydrogen) atoms. The van der Waals surface area contributed by atoms with Gasteiger partial charge in [-0.3, -0.25) is 10.1 Å². The Hall–Kier alpha value is -1.81. The van der Waals surface area contributed by atoms with Gasteiger partial charge in [0.15, 0.2) is 5.69 Å². The molecule has 0 aliphatic rings. The Morgan fingerprint density at radius 2 is 2.31 bits per heavy atom. The summed E-state index contributed by atoms with van der Waals surface area (Å²) in [7, 11) is 0. The molecule has 0 saturated heterocycles. The zero-order valence-electron chi connectivity index (χ0n) is 7.65. The number of rotatable bonds is 3. The Kier molecular flexibility index (Phi) is 3.68. The summed E-state index contributed by atoms with van der Waals surface area (Å²) in [6.07, 6.45) is -2.42. The number of nitrogens with zero attached hydrogens (tertiary/aromatic N) is 3. The van der Waals surface area contributed by atoms with Crippen molar-refractivity contribution in [3.8, 4) is 6.07 Å². The molecule has 1 heterocycles. The van der Waals surface area contributed by atoms with E-state index < -0.39 is 28.5 Å². The smallest absolute Gasteiger partial charge is 0.258 e. The second kappa shape index (κ2) is 4.81. The average Bonchev–Trinajstić information content (AvgIpc) is 2.26. The highest BCUT2D eigenvalue weighted by molar-refractivity contribution is 6.17. The van der Waals surface area contributed by atoms with Gasteiger partial charge in [-0.1, -0.05) is 0 Å². The Balaban J connectivity index is 3.58. The minimum absolute atomic E-state index is 0.285. The van der Waals surface area contributed by atoms with Gasteiger partial charge in [0.2, 0.25) is 0 Å². The third kappa shape index (κ3) is 2.06. The number of pyridine rings is 1. The predicted molar refractivity (Wildman–Crippen MR) is 50.1 cm³/mol. The van der Waals surface area contributed by atoms with Gasteiger partial charge < -0.3 is 0 Å². The molecule has 8 heteroatoms. The van der Waals surface area contributed by atoms with Gasteiger partial charge in [0, 0.05) is 6.20 Å². The maximum absolute atomic E-state index is 12.5. The van der Waals surface area contributed by atoms with Crippen LogP contribution in [0.2, 0.25) is 0 Å². The summed E-state index contributed by atoms with van der Waals surface area (Å²) in [6, 6.07) is 1.56. The van der Waals surface area contributed by atoms with Crippen LogP contribution in [0.1, 0.15) is 23.2 Å². The van der Waals surface area contributed by atoms with E-state index in [2.05, 4.69) is 4.98 Å². The fourth-order valence-electron chi connectivity index (χ4n) is 1.16. The normalized spacial score (nSPS) is 10.2. The lowest BCUT2D eigenvalue weighted by atomic mass is 10.1. The summed E-state index contributed by atoms with van der Waals surface area (Å²) in [4.78, 5) is 13.1. The van der Waals surface area contributed by atoms with Gasteiger partial charge >= 0.3 is 0 Å². The van der Waals surface area contributed by atoms with Crippen LogP contribution in [0.5, 0.6) is 0 Å². The Morgan fingerprint density at radius 3 is 2.69 bits per heavy atom. The zero-order chi connectivity index (χ0) is 12.3. The standard InChI is InChI=1S/C8H4ClF2N3O2/c9-1-4-6(2-12)13-3-5(8(10)11)7(4)14(15)16/h3,8H,1H2. The lowest BCUT2D eigenvalue weighted by Crippen LogP contribution is -2.04. The predicted octanol–water partition coefficient (Wildman–Crippen LogP) is 2.54. The van der Waals surface area contributed by atoms with E-state index in [1.54, 1.807) is 6.07 Å². The van der Waals surface area contributed by atoms with Crippen LogP contribution in [-0.4, -0.2) is 9.91 Å². The number of hydrogen-bond donors (Lipinski definition) is 0. The van der Waals surface area contributed by atoms with Gasteiger partial charge in [0.25, 0.3) is 12.1 Å². The molecule has 0 fully saturated rings. The van der Waals surface area contributed by atoms with Crippen molar-refractivity contribution in [2.24, 2.45) is 0 Å². The van der Waals surface area contributed by atoms with Crippen LogP contribution in [-0.2, 0) is 5.88 Å². The molecule has 0 aromatic carbocycles. The molecule has 0 bridgehead atoms. The maximum Gasteiger partial charge on any atom is 0.287 e. The van der Waals surface area contributed by atoms with Crippen LogP contribution in [0.25, 0.3) is 0 Å². The van der Waals surface area contributed by atoms with Crippen LogP contribution in [0.3, 0.4) is 0 Å². The van der Waals surface area contributed by atoms with Gasteiger partial charge in [-0.25, -0.2) is 13.8 Å². The van der Waals surface area contributed by atoms with Crippen molar-refractivity contribution in [2.75, 3.05) is 0 Å². The quantitative estimate of drug-likeness (QED) is 0.467. The summed E-state index contributed by atoms with van der Waals surface area (Å²) >= 11 is 5.40. The monoisotopic (exact) mass is 247 g/mol. The van der Waals surface area contributed by atoms with Crippen molar-refractivity contribution < 1.29 is 13.7 Å². The molecule has 0 N–H and O–H groups in total.